The van der Waals surface area contributed by atoms with Crippen LogP contribution in [0.2, 0.25) is 0 Å². The zero-order valence-electron chi connectivity index (χ0n) is 20.3. The molecule has 3 fully saturated rings. The van der Waals surface area contributed by atoms with E-state index >= 15 is 0 Å². The minimum atomic E-state index is -0.523. The summed E-state index contributed by atoms with van der Waals surface area (Å²) in [6.45, 7) is 15.5. The Bertz CT molecular complexity index is 725. The number of likely N-dealkylation sites (N-methyl/N-ethyl adjacent to an activating group) is 1. The second-order valence-electron chi connectivity index (χ2n) is 11.9. The summed E-state index contributed by atoms with van der Waals surface area (Å²) in [4.78, 5) is 15.2. The standard InChI is InChI=1S/C26H45N2O2/c1-7-28(6,8-2)18-17-27-22-10-9-19-20(24(22,3)14-13-23(27)29)11-15-25(4)21(19)12-16-26(25,5)30/h10,19-21,30H,7-9,11-18H2,1-6H3/q+1/t19-,20-,21+,24-,25+,26+/m0/s1. The van der Waals surface area contributed by atoms with E-state index in [1.807, 2.05) is 0 Å². The number of quaternary nitrogens is 1. The summed E-state index contributed by atoms with van der Waals surface area (Å²) in [7, 11) is 2.31. The molecule has 0 bridgehead atoms. The van der Waals surface area contributed by atoms with Crippen LogP contribution in [-0.4, -0.2) is 59.2 Å². The molecular formula is C26H45N2O2+. The van der Waals surface area contributed by atoms with Crippen molar-refractivity contribution in [3.8, 4) is 0 Å². The second kappa shape index (κ2) is 7.33. The monoisotopic (exact) mass is 417 g/mol. The fraction of sp³-hybridized carbons (Fsp3) is 0.885. The number of allylic oxidation sites excluding steroid dienone is 2. The normalized spacial score (nSPS) is 43.7. The molecule has 0 radical (unpaired) electrons. The van der Waals surface area contributed by atoms with E-state index in [0.29, 0.717) is 30.1 Å². The van der Waals surface area contributed by atoms with Gasteiger partial charge in [0.1, 0.15) is 0 Å². The highest BCUT2D eigenvalue weighted by molar-refractivity contribution is 5.80. The Balaban J connectivity index is 1.61. The number of nitrogens with zero attached hydrogens (tertiary/aromatic N) is 2. The van der Waals surface area contributed by atoms with Gasteiger partial charge in [-0.25, -0.2) is 0 Å². The number of carbonyl (C=O) groups is 1. The molecular weight excluding hydrogens is 372 g/mol. The predicted molar refractivity (Wildman–Crippen MR) is 122 cm³/mol. The van der Waals surface area contributed by atoms with Crippen LogP contribution < -0.4 is 0 Å². The molecule has 0 aromatic rings. The Morgan fingerprint density at radius 1 is 1.10 bits per heavy atom. The first kappa shape index (κ1) is 22.3. The lowest BCUT2D eigenvalue weighted by Crippen LogP contribution is -2.57. The number of amides is 1. The maximum absolute atomic E-state index is 13.0. The summed E-state index contributed by atoms with van der Waals surface area (Å²) in [5.41, 5.74) is 0.993. The van der Waals surface area contributed by atoms with Crippen molar-refractivity contribution in [1.82, 2.24) is 4.90 Å². The number of likely N-dealkylation sites (tertiary alicyclic amines) is 1. The fourth-order valence-electron chi connectivity index (χ4n) is 7.82. The lowest BCUT2D eigenvalue weighted by molar-refractivity contribution is -0.905. The summed E-state index contributed by atoms with van der Waals surface area (Å²) in [6.07, 6.45) is 9.66. The molecule has 3 aliphatic carbocycles. The molecule has 170 valence electrons. The van der Waals surface area contributed by atoms with Crippen LogP contribution >= 0.6 is 0 Å². The fourth-order valence-corrected chi connectivity index (χ4v) is 7.82. The molecule has 30 heavy (non-hydrogen) atoms. The Labute approximate surface area is 184 Å². The van der Waals surface area contributed by atoms with Crippen molar-refractivity contribution in [3.05, 3.63) is 11.8 Å². The van der Waals surface area contributed by atoms with Crippen molar-refractivity contribution < 1.29 is 14.4 Å². The van der Waals surface area contributed by atoms with Gasteiger partial charge in [0.05, 0.1) is 38.8 Å². The van der Waals surface area contributed by atoms with Gasteiger partial charge in [-0.2, -0.15) is 0 Å². The van der Waals surface area contributed by atoms with Crippen LogP contribution in [0.25, 0.3) is 0 Å². The molecule has 0 spiro atoms. The lowest BCUT2D eigenvalue weighted by Gasteiger charge is -2.59. The number of aliphatic hydroxyl groups is 1. The molecule has 1 heterocycles. The van der Waals surface area contributed by atoms with Gasteiger partial charge in [0, 0.05) is 17.5 Å². The first-order valence-corrected chi connectivity index (χ1v) is 12.6. The summed E-state index contributed by atoms with van der Waals surface area (Å²) < 4.78 is 1.02. The minimum Gasteiger partial charge on any atom is -0.390 e. The molecule has 4 aliphatic rings. The van der Waals surface area contributed by atoms with Crippen LogP contribution in [-0.2, 0) is 4.79 Å². The highest BCUT2D eigenvalue weighted by atomic mass is 16.3. The molecule has 4 nitrogen and oxygen atoms in total. The van der Waals surface area contributed by atoms with E-state index in [1.165, 1.54) is 12.1 Å². The molecule has 1 aliphatic heterocycles. The number of carbonyl (C=O) groups excluding carboxylic acids is 1. The van der Waals surface area contributed by atoms with Gasteiger partial charge in [0.2, 0.25) is 5.91 Å². The van der Waals surface area contributed by atoms with Crippen molar-refractivity contribution in [2.75, 3.05) is 33.2 Å². The third kappa shape index (κ3) is 3.11. The van der Waals surface area contributed by atoms with Crippen molar-refractivity contribution >= 4 is 5.91 Å². The Hall–Kier alpha value is -0.870. The number of piperidine rings is 1. The first-order chi connectivity index (χ1) is 14.0. The van der Waals surface area contributed by atoms with Gasteiger partial charge in [-0.05, 0) is 82.5 Å². The quantitative estimate of drug-likeness (QED) is 0.665. The Morgan fingerprint density at radius 3 is 2.43 bits per heavy atom. The molecule has 1 saturated heterocycles. The maximum Gasteiger partial charge on any atom is 0.226 e. The van der Waals surface area contributed by atoms with Crippen LogP contribution in [0.3, 0.4) is 0 Å². The molecule has 0 aromatic carbocycles. The van der Waals surface area contributed by atoms with Gasteiger partial charge in [-0.1, -0.05) is 19.9 Å². The van der Waals surface area contributed by atoms with Crippen molar-refractivity contribution in [2.45, 2.75) is 85.2 Å². The highest BCUT2D eigenvalue weighted by Crippen LogP contribution is 2.66. The van der Waals surface area contributed by atoms with E-state index < -0.39 is 5.60 Å². The van der Waals surface area contributed by atoms with Crippen LogP contribution in [0.4, 0.5) is 0 Å². The highest BCUT2D eigenvalue weighted by Gasteiger charge is 2.62. The minimum absolute atomic E-state index is 0.0571. The van der Waals surface area contributed by atoms with Crippen LogP contribution in [0.15, 0.2) is 11.8 Å². The number of hydrogen-bond acceptors (Lipinski definition) is 2. The summed E-state index contributed by atoms with van der Waals surface area (Å²) in [5.74, 6) is 2.26. The van der Waals surface area contributed by atoms with Crippen molar-refractivity contribution in [1.29, 1.82) is 0 Å². The second-order valence-corrected chi connectivity index (χ2v) is 11.9. The largest absolute Gasteiger partial charge is 0.390 e. The van der Waals surface area contributed by atoms with E-state index in [2.05, 4.69) is 52.6 Å². The first-order valence-electron chi connectivity index (χ1n) is 12.6. The average Bonchev–Trinajstić information content (AvgIpc) is 2.96. The number of hydrogen-bond donors (Lipinski definition) is 1. The van der Waals surface area contributed by atoms with E-state index in [4.69, 9.17) is 0 Å². The summed E-state index contributed by atoms with van der Waals surface area (Å²) in [6, 6.07) is 0. The lowest BCUT2D eigenvalue weighted by atomic mass is 9.48. The van der Waals surface area contributed by atoms with Gasteiger partial charge in [0.15, 0.2) is 0 Å². The predicted octanol–water partition coefficient (Wildman–Crippen LogP) is 4.58. The van der Waals surface area contributed by atoms with E-state index in [-0.39, 0.29) is 10.8 Å². The molecule has 2 saturated carbocycles. The maximum atomic E-state index is 13.0. The molecule has 1 amide bonds. The zero-order chi connectivity index (χ0) is 21.9. The van der Waals surface area contributed by atoms with Gasteiger partial charge in [-0.3, -0.25) is 4.79 Å². The molecule has 6 atom stereocenters. The topological polar surface area (TPSA) is 40.5 Å². The van der Waals surface area contributed by atoms with E-state index in [9.17, 15) is 9.90 Å². The van der Waals surface area contributed by atoms with E-state index in [0.717, 1.165) is 62.8 Å². The van der Waals surface area contributed by atoms with Gasteiger partial charge >= 0.3 is 0 Å². The molecule has 0 unspecified atom stereocenters. The number of rotatable bonds is 5. The third-order valence-corrected chi connectivity index (χ3v) is 10.8. The van der Waals surface area contributed by atoms with E-state index in [1.54, 1.807) is 0 Å². The smallest absolute Gasteiger partial charge is 0.226 e. The van der Waals surface area contributed by atoms with Crippen LogP contribution in [0.5, 0.6) is 0 Å². The summed E-state index contributed by atoms with van der Waals surface area (Å²) in [5, 5.41) is 11.1. The van der Waals surface area contributed by atoms with Crippen molar-refractivity contribution in [2.24, 2.45) is 28.6 Å². The molecule has 0 aromatic heterocycles. The molecule has 4 heteroatoms. The zero-order valence-corrected chi connectivity index (χ0v) is 20.3. The third-order valence-electron chi connectivity index (χ3n) is 10.8. The average molecular weight is 418 g/mol. The van der Waals surface area contributed by atoms with Gasteiger partial charge in [-0.15, -0.1) is 0 Å². The van der Waals surface area contributed by atoms with Crippen LogP contribution in [0.1, 0.15) is 79.6 Å². The SMILES string of the molecule is CC[N+](C)(CC)CCN1C(=O)CC[C@]2(C)C1=CC[C@@H]1[C@H]3CC[C@@](C)(O)[C@]3(C)CC[C@@H]12. The van der Waals surface area contributed by atoms with Gasteiger partial charge < -0.3 is 14.5 Å². The number of fused-ring (bicyclic) bond motifs is 5. The Kier molecular flexibility index (Phi) is 5.46. The van der Waals surface area contributed by atoms with Crippen LogP contribution in [0, 0.1) is 28.6 Å². The Morgan fingerprint density at radius 2 is 1.77 bits per heavy atom. The van der Waals surface area contributed by atoms with Crippen molar-refractivity contribution in [3.63, 3.8) is 0 Å². The molecule has 1 N–H and O–H groups in total. The summed E-state index contributed by atoms with van der Waals surface area (Å²) >= 11 is 0. The molecule has 4 rings (SSSR count). The van der Waals surface area contributed by atoms with Gasteiger partial charge in [0.25, 0.3) is 0 Å².